The molecule has 24 heavy (non-hydrogen) atoms. The van der Waals surface area contributed by atoms with Crippen LogP contribution in [0.5, 0.6) is 0 Å². The maximum Gasteiger partial charge on any atom is 0.115 e. The van der Waals surface area contributed by atoms with Crippen LogP contribution in [0.4, 0.5) is 0 Å². The Kier molecular flexibility index (Phi) is 11.9. The minimum absolute atomic E-state index is 0.0591. The van der Waals surface area contributed by atoms with E-state index < -0.39 is 0 Å². The highest BCUT2D eigenvalue weighted by Gasteiger charge is 2.46. The zero-order chi connectivity index (χ0) is 17.8. The van der Waals surface area contributed by atoms with Crippen LogP contribution < -0.4 is 0 Å². The second-order valence-corrected chi connectivity index (χ2v) is 6.63. The van der Waals surface area contributed by atoms with Crippen molar-refractivity contribution in [3.05, 3.63) is 0 Å². The summed E-state index contributed by atoms with van der Waals surface area (Å²) in [6.07, 6.45) is 5.21. The van der Waals surface area contributed by atoms with Gasteiger partial charge in [-0.05, 0) is 26.2 Å². The maximum absolute atomic E-state index is 9.72. The Morgan fingerprint density at radius 1 is 0.750 bits per heavy atom. The van der Waals surface area contributed by atoms with E-state index in [0.29, 0.717) is 19.8 Å². The predicted octanol–water partition coefficient (Wildman–Crippen LogP) is 3.32. The Balaban J connectivity index is 2.79. The Morgan fingerprint density at radius 2 is 1.21 bits per heavy atom. The van der Waals surface area contributed by atoms with Crippen LogP contribution in [0.25, 0.3) is 0 Å². The summed E-state index contributed by atoms with van der Waals surface area (Å²) in [5, 5.41) is 9.72. The summed E-state index contributed by atoms with van der Waals surface area (Å²) in [4.78, 5) is 0. The molecule has 1 N–H and O–H groups in total. The molecule has 0 saturated carbocycles. The van der Waals surface area contributed by atoms with Crippen LogP contribution in [0.15, 0.2) is 0 Å². The molecule has 5 heteroatoms. The molecule has 0 bridgehead atoms. The summed E-state index contributed by atoms with van der Waals surface area (Å²) in [7, 11) is 0. The number of rotatable bonds is 13. The first-order chi connectivity index (χ1) is 11.7. The molecule has 1 aliphatic rings. The van der Waals surface area contributed by atoms with Crippen LogP contribution in [0.2, 0.25) is 0 Å². The monoisotopic (exact) mass is 346 g/mol. The standard InChI is InChI=1S/C19H38O5/c1-5-8-11-21-17-15(4)24-16(14-20)18(22-12-9-6-2)19(17)23-13-10-7-3/h15-20H,5-14H2,1-4H3/t15-,16-,17-,18-,19+/m0/s1. The van der Waals surface area contributed by atoms with Gasteiger partial charge in [0.2, 0.25) is 0 Å². The molecule has 0 amide bonds. The van der Waals surface area contributed by atoms with Crippen molar-refractivity contribution in [2.45, 2.75) is 96.7 Å². The third-order valence-electron chi connectivity index (χ3n) is 4.47. The third-order valence-corrected chi connectivity index (χ3v) is 4.47. The molecule has 1 fully saturated rings. The van der Waals surface area contributed by atoms with Crippen LogP contribution >= 0.6 is 0 Å². The second kappa shape index (κ2) is 13.1. The molecule has 0 aromatic heterocycles. The Hall–Kier alpha value is -0.200. The van der Waals surface area contributed by atoms with Gasteiger partial charge in [-0.15, -0.1) is 0 Å². The molecular weight excluding hydrogens is 308 g/mol. The third kappa shape index (κ3) is 6.96. The van der Waals surface area contributed by atoms with E-state index in [1.807, 2.05) is 6.92 Å². The molecule has 144 valence electrons. The van der Waals surface area contributed by atoms with Crippen molar-refractivity contribution in [3.8, 4) is 0 Å². The van der Waals surface area contributed by atoms with Crippen LogP contribution in [0.3, 0.4) is 0 Å². The van der Waals surface area contributed by atoms with E-state index in [-0.39, 0.29) is 37.1 Å². The highest BCUT2D eigenvalue weighted by molar-refractivity contribution is 4.94. The van der Waals surface area contributed by atoms with Gasteiger partial charge >= 0.3 is 0 Å². The fourth-order valence-electron chi connectivity index (χ4n) is 2.96. The van der Waals surface area contributed by atoms with Gasteiger partial charge in [0.05, 0.1) is 12.7 Å². The number of aliphatic hydroxyl groups excluding tert-OH is 1. The molecule has 0 unspecified atom stereocenters. The first kappa shape index (κ1) is 21.8. The highest BCUT2D eigenvalue weighted by atomic mass is 16.6. The van der Waals surface area contributed by atoms with Gasteiger partial charge in [0.25, 0.3) is 0 Å². The Labute approximate surface area is 148 Å². The number of ether oxygens (including phenoxy) is 4. The molecule has 0 aliphatic carbocycles. The van der Waals surface area contributed by atoms with E-state index in [1.54, 1.807) is 0 Å². The van der Waals surface area contributed by atoms with Gasteiger partial charge in [-0.25, -0.2) is 0 Å². The topological polar surface area (TPSA) is 57.2 Å². The van der Waals surface area contributed by atoms with Crippen molar-refractivity contribution in [3.63, 3.8) is 0 Å². The second-order valence-electron chi connectivity index (χ2n) is 6.63. The summed E-state index contributed by atoms with van der Waals surface area (Å²) in [5.41, 5.74) is 0. The number of hydrogen-bond donors (Lipinski definition) is 1. The minimum Gasteiger partial charge on any atom is -0.394 e. The molecule has 1 aliphatic heterocycles. The van der Waals surface area contributed by atoms with Gasteiger partial charge in [-0.1, -0.05) is 40.0 Å². The number of aliphatic hydroxyl groups is 1. The van der Waals surface area contributed by atoms with E-state index >= 15 is 0 Å². The summed E-state index contributed by atoms with van der Waals surface area (Å²) >= 11 is 0. The highest BCUT2D eigenvalue weighted by Crippen LogP contribution is 2.28. The van der Waals surface area contributed by atoms with Crippen molar-refractivity contribution in [2.75, 3.05) is 26.4 Å². The quantitative estimate of drug-likeness (QED) is 0.519. The summed E-state index contributed by atoms with van der Waals surface area (Å²) in [6, 6.07) is 0. The summed E-state index contributed by atoms with van der Waals surface area (Å²) < 4.78 is 24.3. The maximum atomic E-state index is 9.72. The molecule has 1 rings (SSSR count). The lowest BCUT2D eigenvalue weighted by atomic mass is 9.95. The minimum atomic E-state index is -0.352. The molecule has 5 atom stereocenters. The first-order valence-corrected chi connectivity index (χ1v) is 9.80. The van der Waals surface area contributed by atoms with Crippen LogP contribution in [-0.2, 0) is 18.9 Å². The van der Waals surface area contributed by atoms with Crippen molar-refractivity contribution in [2.24, 2.45) is 0 Å². The first-order valence-electron chi connectivity index (χ1n) is 9.80. The van der Waals surface area contributed by atoms with Crippen molar-refractivity contribution in [1.82, 2.24) is 0 Å². The normalized spacial score (nSPS) is 30.6. The van der Waals surface area contributed by atoms with Crippen LogP contribution in [-0.4, -0.2) is 62.1 Å². The summed E-state index contributed by atoms with van der Waals surface area (Å²) in [5.74, 6) is 0. The van der Waals surface area contributed by atoms with Gasteiger partial charge in [0.1, 0.15) is 24.4 Å². The lowest BCUT2D eigenvalue weighted by molar-refractivity contribution is -0.259. The van der Waals surface area contributed by atoms with Crippen molar-refractivity contribution < 1.29 is 24.1 Å². The fourth-order valence-corrected chi connectivity index (χ4v) is 2.96. The molecule has 1 heterocycles. The number of hydrogen-bond acceptors (Lipinski definition) is 5. The molecule has 1 saturated heterocycles. The van der Waals surface area contributed by atoms with Gasteiger partial charge < -0.3 is 24.1 Å². The average Bonchev–Trinajstić information content (AvgIpc) is 2.58. The zero-order valence-electron chi connectivity index (χ0n) is 16.0. The number of unbranched alkanes of at least 4 members (excludes halogenated alkanes) is 3. The van der Waals surface area contributed by atoms with Gasteiger partial charge in [0, 0.05) is 19.8 Å². The Bertz CT molecular complexity index is 299. The molecule has 0 aromatic carbocycles. The molecular formula is C19H38O5. The largest absolute Gasteiger partial charge is 0.394 e. The van der Waals surface area contributed by atoms with Gasteiger partial charge in [-0.3, -0.25) is 0 Å². The van der Waals surface area contributed by atoms with Crippen molar-refractivity contribution >= 4 is 0 Å². The van der Waals surface area contributed by atoms with Crippen LogP contribution in [0, 0.1) is 0 Å². The van der Waals surface area contributed by atoms with E-state index in [0.717, 1.165) is 38.5 Å². The van der Waals surface area contributed by atoms with E-state index in [9.17, 15) is 5.11 Å². The van der Waals surface area contributed by atoms with Crippen molar-refractivity contribution in [1.29, 1.82) is 0 Å². The molecule has 0 aromatic rings. The van der Waals surface area contributed by atoms with E-state index in [2.05, 4.69) is 20.8 Å². The van der Waals surface area contributed by atoms with E-state index in [1.165, 1.54) is 0 Å². The lowest BCUT2D eigenvalue weighted by Crippen LogP contribution is -2.60. The molecule has 0 radical (unpaired) electrons. The lowest BCUT2D eigenvalue weighted by Gasteiger charge is -2.45. The molecule has 0 spiro atoms. The Morgan fingerprint density at radius 3 is 1.67 bits per heavy atom. The average molecular weight is 347 g/mol. The molecule has 5 nitrogen and oxygen atoms in total. The summed E-state index contributed by atoms with van der Waals surface area (Å²) in [6.45, 7) is 10.4. The zero-order valence-corrected chi connectivity index (χ0v) is 16.0. The SMILES string of the molecule is CCCCO[C@@H]1[C@@H](OCCCC)[C@H](C)O[C@@H](CO)[C@@H]1OCCCC. The predicted molar refractivity (Wildman–Crippen MR) is 95.4 cm³/mol. The van der Waals surface area contributed by atoms with E-state index in [4.69, 9.17) is 18.9 Å². The fraction of sp³-hybridized carbons (Fsp3) is 1.00. The van der Waals surface area contributed by atoms with Gasteiger partial charge in [0.15, 0.2) is 0 Å². The van der Waals surface area contributed by atoms with Crippen LogP contribution in [0.1, 0.15) is 66.2 Å². The smallest absolute Gasteiger partial charge is 0.115 e. The van der Waals surface area contributed by atoms with Gasteiger partial charge in [-0.2, -0.15) is 0 Å².